The summed E-state index contributed by atoms with van der Waals surface area (Å²) >= 11 is 0. The molecule has 1 aromatic heterocycles. The number of carbonyl (C=O) groups is 1. The summed E-state index contributed by atoms with van der Waals surface area (Å²) in [4.78, 5) is 15.9. The molecule has 2 atom stereocenters. The summed E-state index contributed by atoms with van der Waals surface area (Å²) in [7, 11) is 0. The first-order chi connectivity index (χ1) is 10.2. The number of rotatable bonds is 7. The summed E-state index contributed by atoms with van der Waals surface area (Å²) in [5.74, 6) is 0.635. The van der Waals surface area contributed by atoms with Crippen LogP contribution in [0.2, 0.25) is 0 Å². The highest BCUT2D eigenvalue weighted by Gasteiger charge is 2.17. The summed E-state index contributed by atoms with van der Waals surface area (Å²) in [6.07, 6.45) is 2.75. The average molecular weight is 293 g/mol. The molecule has 2 N–H and O–H groups in total. The highest BCUT2D eigenvalue weighted by atomic mass is 16.5. The lowest BCUT2D eigenvalue weighted by Gasteiger charge is -2.17. The fourth-order valence-corrected chi connectivity index (χ4v) is 2.10. The van der Waals surface area contributed by atoms with Gasteiger partial charge >= 0.3 is 0 Å². The fraction of sp³-hybridized carbons (Fsp3) is 0.600. The topological polar surface area (TPSA) is 72.5 Å². The highest BCUT2D eigenvalue weighted by Crippen LogP contribution is 2.10. The molecular formula is C15H23N3O3. The zero-order valence-electron chi connectivity index (χ0n) is 12.6. The van der Waals surface area contributed by atoms with Crippen LogP contribution in [0.15, 0.2) is 18.3 Å². The predicted molar refractivity (Wildman–Crippen MR) is 80.5 cm³/mol. The van der Waals surface area contributed by atoms with Crippen molar-refractivity contribution in [1.82, 2.24) is 10.3 Å². The van der Waals surface area contributed by atoms with E-state index in [-0.39, 0.29) is 18.1 Å². The second-order valence-electron chi connectivity index (χ2n) is 5.16. The molecule has 0 saturated carbocycles. The van der Waals surface area contributed by atoms with Gasteiger partial charge in [0.05, 0.1) is 24.9 Å². The van der Waals surface area contributed by atoms with Gasteiger partial charge < -0.3 is 20.1 Å². The number of pyridine rings is 1. The summed E-state index contributed by atoms with van der Waals surface area (Å²) in [6, 6.07) is 3.71. The Morgan fingerprint density at radius 2 is 2.43 bits per heavy atom. The minimum atomic E-state index is -0.103. The molecule has 0 aromatic carbocycles. The molecule has 1 aromatic rings. The van der Waals surface area contributed by atoms with E-state index in [1.54, 1.807) is 18.3 Å². The van der Waals surface area contributed by atoms with E-state index in [0.717, 1.165) is 18.8 Å². The third-order valence-corrected chi connectivity index (χ3v) is 3.23. The minimum absolute atomic E-state index is 0.103. The molecule has 2 rings (SSSR count). The van der Waals surface area contributed by atoms with Crippen molar-refractivity contribution < 1.29 is 14.3 Å². The SMILES string of the molecule is CCNC(=O)c1ccc(NC(C)COC2CCOC2)nc1. The van der Waals surface area contributed by atoms with E-state index in [2.05, 4.69) is 15.6 Å². The lowest BCUT2D eigenvalue weighted by molar-refractivity contribution is 0.0395. The van der Waals surface area contributed by atoms with Crippen molar-refractivity contribution in [3.8, 4) is 0 Å². The van der Waals surface area contributed by atoms with Crippen molar-refractivity contribution in [2.45, 2.75) is 32.4 Å². The van der Waals surface area contributed by atoms with Gasteiger partial charge in [0.15, 0.2) is 0 Å². The van der Waals surface area contributed by atoms with Gasteiger partial charge in [-0.3, -0.25) is 4.79 Å². The van der Waals surface area contributed by atoms with E-state index in [1.165, 1.54) is 0 Å². The van der Waals surface area contributed by atoms with Gasteiger partial charge in [0.1, 0.15) is 5.82 Å². The van der Waals surface area contributed by atoms with Gasteiger partial charge in [-0.2, -0.15) is 0 Å². The maximum Gasteiger partial charge on any atom is 0.252 e. The molecule has 1 fully saturated rings. The first-order valence-electron chi connectivity index (χ1n) is 7.39. The second-order valence-corrected chi connectivity index (χ2v) is 5.16. The van der Waals surface area contributed by atoms with Gasteiger partial charge in [-0.1, -0.05) is 0 Å². The Balaban J connectivity index is 1.77. The molecule has 1 aliphatic heterocycles. The molecule has 1 saturated heterocycles. The molecule has 0 radical (unpaired) electrons. The molecule has 2 heterocycles. The van der Waals surface area contributed by atoms with Crippen molar-refractivity contribution in [1.29, 1.82) is 0 Å². The molecule has 0 aliphatic carbocycles. The number of carbonyl (C=O) groups excluding carboxylic acids is 1. The normalized spacial score (nSPS) is 19.2. The average Bonchev–Trinajstić information content (AvgIpc) is 2.99. The van der Waals surface area contributed by atoms with E-state index in [0.29, 0.717) is 25.3 Å². The number of hydrogen-bond donors (Lipinski definition) is 2. The maximum atomic E-state index is 11.6. The number of amides is 1. The minimum Gasteiger partial charge on any atom is -0.379 e. The van der Waals surface area contributed by atoms with Crippen LogP contribution in [-0.2, 0) is 9.47 Å². The summed E-state index contributed by atoms with van der Waals surface area (Å²) < 4.78 is 11.0. The number of aromatic nitrogens is 1. The predicted octanol–water partition coefficient (Wildman–Crippen LogP) is 1.44. The largest absolute Gasteiger partial charge is 0.379 e. The van der Waals surface area contributed by atoms with Crippen LogP contribution < -0.4 is 10.6 Å². The van der Waals surface area contributed by atoms with Crippen LogP contribution in [0, 0.1) is 0 Å². The molecule has 21 heavy (non-hydrogen) atoms. The van der Waals surface area contributed by atoms with Crippen LogP contribution in [-0.4, -0.2) is 49.4 Å². The number of hydrogen-bond acceptors (Lipinski definition) is 5. The van der Waals surface area contributed by atoms with E-state index in [9.17, 15) is 4.79 Å². The van der Waals surface area contributed by atoms with Crippen LogP contribution in [0.5, 0.6) is 0 Å². The first-order valence-corrected chi connectivity index (χ1v) is 7.39. The summed E-state index contributed by atoms with van der Waals surface area (Å²) in [5, 5.41) is 6.00. The Morgan fingerprint density at radius 3 is 3.05 bits per heavy atom. The Hall–Kier alpha value is -1.66. The van der Waals surface area contributed by atoms with Gasteiger partial charge in [0.2, 0.25) is 0 Å². The zero-order chi connectivity index (χ0) is 15.1. The van der Waals surface area contributed by atoms with Crippen molar-refractivity contribution in [2.75, 3.05) is 31.7 Å². The molecule has 6 nitrogen and oxygen atoms in total. The van der Waals surface area contributed by atoms with Crippen molar-refractivity contribution in [3.05, 3.63) is 23.9 Å². The molecule has 0 spiro atoms. The van der Waals surface area contributed by atoms with Gasteiger partial charge in [-0.25, -0.2) is 4.98 Å². The molecule has 1 aliphatic rings. The maximum absolute atomic E-state index is 11.6. The van der Waals surface area contributed by atoms with Crippen molar-refractivity contribution in [3.63, 3.8) is 0 Å². The standard InChI is InChI=1S/C15H23N3O3/c1-3-16-15(19)12-4-5-14(17-8-12)18-11(2)9-21-13-6-7-20-10-13/h4-5,8,11,13H,3,6-7,9-10H2,1-2H3,(H,16,19)(H,17,18). The summed E-state index contributed by atoms with van der Waals surface area (Å²) in [5.41, 5.74) is 0.564. The quantitative estimate of drug-likeness (QED) is 0.796. The smallest absolute Gasteiger partial charge is 0.252 e. The van der Waals surface area contributed by atoms with Gasteiger partial charge in [0, 0.05) is 25.4 Å². The number of nitrogens with zero attached hydrogens (tertiary/aromatic N) is 1. The van der Waals surface area contributed by atoms with Crippen LogP contribution in [0.4, 0.5) is 5.82 Å². The van der Waals surface area contributed by atoms with Gasteiger partial charge in [0.25, 0.3) is 5.91 Å². The van der Waals surface area contributed by atoms with Crippen molar-refractivity contribution in [2.24, 2.45) is 0 Å². The zero-order valence-corrected chi connectivity index (χ0v) is 12.6. The van der Waals surface area contributed by atoms with Gasteiger partial charge in [-0.15, -0.1) is 0 Å². The van der Waals surface area contributed by atoms with E-state index < -0.39 is 0 Å². The Labute approximate surface area is 125 Å². The van der Waals surface area contributed by atoms with E-state index in [4.69, 9.17) is 9.47 Å². The van der Waals surface area contributed by atoms with Crippen LogP contribution in [0.1, 0.15) is 30.6 Å². The summed E-state index contributed by atoms with van der Waals surface area (Å²) in [6.45, 7) is 6.61. The third kappa shape index (κ3) is 4.99. The third-order valence-electron chi connectivity index (χ3n) is 3.23. The Morgan fingerprint density at radius 1 is 1.57 bits per heavy atom. The lowest BCUT2D eigenvalue weighted by Crippen LogP contribution is -2.26. The van der Waals surface area contributed by atoms with Crippen LogP contribution in [0.25, 0.3) is 0 Å². The molecule has 116 valence electrons. The second kappa shape index (κ2) is 7.95. The first kappa shape index (κ1) is 15.7. The van der Waals surface area contributed by atoms with E-state index in [1.807, 2.05) is 13.8 Å². The Kier molecular flexibility index (Phi) is 5.95. The molecule has 2 unspecified atom stereocenters. The number of anilines is 1. The van der Waals surface area contributed by atoms with Crippen LogP contribution in [0.3, 0.4) is 0 Å². The fourth-order valence-electron chi connectivity index (χ4n) is 2.10. The highest BCUT2D eigenvalue weighted by molar-refractivity contribution is 5.93. The number of nitrogens with one attached hydrogen (secondary N) is 2. The molecule has 1 amide bonds. The van der Waals surface area contributed by atoms with Gasteiger partial charge in [-0.05, 0) is 32.4 Å². The number of ether oxygens (including phenoxy) is 2. The van der Waals surface area contributed by atoms with Crippen LogP contribution >= 0.6 is 0 Å². The molecular weight excluding hydrogens is 270 g/mol. The molecule has 0 bridgehead atoms. The molecule has 6 heteroatoms. The van der Waals surface area contributed by atoms with Crippen molar-refractivity contribution >= 4 is 11.7 Å². The van der Waals surface area contributed by atoms with E-state index >= 15 is 0 Å². The lowest BCUT2D eigenvalue weighted by atomic mass is 10.2. The monoisotopic (exact) mass is 293 g/mol. The Bertz CT molecular complexity index is 444.